The van der Waals surface area contributed by atoms with Crippen molar-refractivity contribution in [3.63, 3.8) is 0 Å². The number of hydrogen-bond acceptors (Lipinski definition) is 6. The third-order valence-electron chi connectivity index (χ3n) is 6.23. The number of carbonyl (C=O) groups is 1. The average Bonchev–Trinajstić information content (AvgIpc) is 3.32. The number of thiophene rings is 1. The number of benzene rings is 2. The fourth-order valence-corrected chi connectivity index (χ4v) is 6.86. The molecule has 0 aliphatic heterocycles. The van der Waals surface area contributed by atoms with E-state index < -0.39 is 0 Å². The molecule has 196 valence electrons. The van der Waals surface area contributed by atoms with Crippen LogP contribution in [-0.4, -0.2) is 18.3 Å². The minimum absolute atomic E-state index is 0.0261. The molecule has 3 rings (SSSR count). The van der Waals surface area contributed by atoms with Gasteiger partial charge in [-0.3, -0.25) is 4.79 Å². The van der Waals surface area contributed by atoms with Crippen molar-refractivity contribution in [2.24, 2.45) is 22.0 Å². The van der Waals surface area contributed by atoms with Gasteiger partial charge in [0.2, 0.25) is 0 Å². The topological polar surface area (TPSA) is 104 Å². The van der Waals surface area contributed by atoms with E-state index in [1.807, 2.05) is 23.9 Å². The number of carbonyl (C=O) groups excluding carboxylic acids is 1. The third-order valence-corrected chi connectivity index (χ3v) is 9.11. The number of nitrogens with two attached hydrogens (primary N) is 1. The molecule has 0 bridgehead atoms. The molecule has 0 spiro atoms. The van der Waals surface area contributed by atoms with Crippen LogP contribution >= 0.6 is 23.1 Å². The highest BCUT2D eigenvalue weighted by atomic mass is 32.2. The number of hydrazone groups is 1. The molecule has 1 aromatic heterocycles. The quantitative estimate of drug-likeness (QED) is 0.0683. The molecule has 0 saturated heterocycles. The minimum atomic E-state index is -0.220. The molecule has 6 nitrogen and oxygen atoms in total. The molecule has 0 aliphatic carbocycles. The number of nitrogens with zero attached hydrogens (tertiary/aromatic N) is 2. The number of amides is 1. The van der Waals surface area contributed by atoms with Crippen LogP contribution in [0.2, 0.25) is 0 Å². The van der Waals surface area contributed by atoms with Gasteiger partial charge in [0, 0.05) is 15.0 Å². The summed E-state index contributed by atoms with van der Waals surface area (Å²) >= 11 is 3.34. The molecule has 4 N–H and O–H groups in total. The number of thioether (sulfide) groups is 1. The summed E-state index contributed by atoms with van der Waals surface area (Å²) in [5.74, 6) is 5.39. The summed E-state index contributed by atoms with van der Waals surface area (Å²) in [4.78, 5) is 15.6. The first-order valence-corrected chi connectivity index (χ1v) is 14.0. The molecular weight excluding hydrogens is 498 g/mol. The van der Waals surface area contributed by atoms with Crippen molar-refractivity contribution < 1.29 is 4.79 Å². The maximum atomic E-state index is 12.6. The Morgan fingerprint density at radius 1 is 1.08 bits per heavy atom. The van der Waals surface area contributed by atoms with Crippen LogP contribution in [0, 0.1) is 25.3 Å². The van der Waals surface area contributed by atoms with E-state index in [4.69, 9.17) is 11.4 Å². The number of amidine groups is 1. The Bertz CT molecular complexity index is 1260. The van der Waals surface area contributed by atoms with Gasteiger partial charge in [-0.2, -0.15) is 5.10 Å². The first-order chi connectivity index (χ1) is 17.4. The lowest BCUT2D eigenvalue weighted by molar-refractivity contribution is 0.0963. The van der Waals surface area contributed by atoms with Gasteiger partial charge in [-0.15, -0.1) is 28.2 Å². The highest BCUT2D eigenvalue weighted by molar-refractivity contribution is 7.99. The molecular formula is C29H37N5OS2. The summed E-state index contributed by atoms with van der Waals surface area (Å²) in [6, 6.07) is 17.4. The van der Waals surface area contributed by atoms with Crippen molar-refractivity contribution in [3.8, 4) is 11.1 Å². The summed E-state index contributed by atoms with van der Waals surface area (Å²) in [6.45, 7) is 15.5. The van der Waals surface area contributed by atoms with E-state index in [-0.39, 0.29) is 29.0 Å². The Labute approximate surface area is 228 Å². The van der Waals surface area contributed by atoms with Gasteiger partial charge in [0.15, 0.2) is 5.84 Å². The Kier molecular flexibility index (Phi) is 9.31. The molecule has 3 aromatic rings. The summed E-state index contributed by atoms with van der Waals surface area (Å²) in [5.41, 5.74) is 13.5. The van der Waals surface area contributed by atoms with E-state index in [9.17, 15) is 4.79 Å². The number of rotatable bonds is 8. The fraction of sp³-hybridized carbons (Fsp3) is 0.379. The smallest absolute Gasteiger partial charge is 0.261 e. The summed E-state index contributed by atoms with van der Waals surface area (Å²) in [5, 5.41) is 9.50. The Hall–Kier alpha value is -2.97. The second-order valence-electron chi connectivity index (χ2n) is 10.6. The van der Waals surface area contributed by atoms with Crippen molar-refractivity contribution in [3.05, 3.63) is 75.0 Å². The standard InChI is InChI=1S/C29H37N5OS2/c1-17(2)27(23-12-13-24(37-23)28(35)32-16-25(33-30)34-31)36-22-14-18(3)26(19(4)15-22)20-8-10-21(11-9-20)29(5,6)7/h8-15,17,27,30H,16,31H2,1-7H3,(H,32,35). The van der Waals surface area contributed by atoms with Crippen molar-refractivity contribution >= 4 is 34.8 Å². The molecule has 1 heterocycles. The molecule has 0 saturated carbocycles. The van der Waals surface area contributed by atoms with Crippen LogP contribution in [0.5, 0.6) is 0 Å². The maximum absolute atomic E-state index is 12.6. The van der Waals surface area contributed by atoms with Crippen LogP contribution in [0.1, 0.15) is 71.1 Å². The number of hydrogen-bond donors (Lipinski definition) is 3. The largest absolute Gasteiger partial charge is 0.344 e. The van der Waals surface area contributed by atoms with Crippen molar-refractivity contribution in [2.75, 3.05) is 6.54 Å². The Morgan fingerprint density at radius 3 is 2.22 bits per heavy atom. The van der Waals surface area contributed by atoms with E-state index in [0.29, 0.717) is 10.8 Å². The predicted molar refractivity (Wildman–Crippen MR) is 157 cm³/mol. The Morgan fingerprint density at radius 2 is 1.70 bits per heavy atom. The second kappa shape index (κ2) is 12.0. The van der Waals surface area contributed by atoms with Gasteiger partial charge in [0.25, 0.3) is 5.91 Å². The van der Waals surface area contributed by atoms with Crippen molar-refractivity contribution in [1.82, 2.24) is 5.32 Å². The molecule has 2 aromatic carbocycles. The SMILES string of the molecule is Cc1cc(SC(c2ccc(C(=O)NCC(N=N)=NN)s2)C(C)C)cc(C)c1-c1ccc(C(C)(C)C)cc1. The summed E-state index contributed by atoms with van der Waals surface area (Å²) in [7, 11) is 0. The van der Waals surface area contributed by atoms with Crippen LogP contribution in [0.4, 0.5) is 0 Å². The summed E-state index contributed by atoms with van der Waals surface area (Å²) in [6.07, 6.45) is 0. The van der Waals surface area contributed by atoms with E-state index in [0.717, 1.165) is 4.88 Å². The molecule has 1 amide bonds. The zero-order chi connectivity index (χ0) is 27.3. The number of nitrogens with one attached hydrogen (secondary N) is 2. The normalized spacial score (nSPS) is 13.0. The van der Waals surface area contributed by atoms with Gasteiger partial charge in [-0.25, -0.2) is 5.53 Å². The lowest BCUT2D eigenvalue weighted by Gasteiger charge is -2.22. The van der Waals surface area contributed by atoms with Gasteiger partial charge in [0.1, 0.15) is 0 Å². The van der Waals surface area contributed by atoms with E-state index >= 15 is 0 Å². The molecule has 37 heavy (non-hydrogen) atoms. The van der Waals surface area contributed by atoms with E-state index in [1.165, 1.54) is 44.0 Å². The zero-order valence-corrected chi connectivity index (χ0v) is 24.3. The van der Waals surface area contributed by atoms with Crippen LogP contribution < -0.4 is 11.2 Å². The maximum Gasteiger partial charge on any atom is 0.261 e. The lowest BCUT2D eigenvalue weighted by Crippen LogP contribution is -2.28. The van der Waals surface area contributed by atoms with Crippen LogP contribution in [0.25, 0.3) is 11.1 Å². The molecule has 1 atom stereocenters. The van der Waals surface area contributed by atoms with E-state index in [1.54, 1.807) is 0 Å². The van der Waals surface area contributed by atoms with Crippen LogP contribution in [-0.2, 0) is 5.41 Å². The van der Waals surface area contributed by atoms with Gasteiger partial charge in [-0.1, -0.05) is 58.9 Å². The first kappa shape index (κ1) is 28.6. The van der Waals surface area contributed by atoms with Crippen molar-refractivity contribution in [2.45, 2.75) is 64.0 Å². The van der Waals surface area contributed by atoms with Gasteiger partial charge in [0.05, 0.1) is 11.4 Å². The van der Waals surface area contributed by atoms with Crippen LogP contribution in [0.3, 0.4) is 0 Å². The highest BCUT2D eigenvalue weighted by Gasteiger charge is 2.22. The monoisotopic (exact) mass is 535 g/mol. The Balaban J connectivity index is 1.81. The number of aryl methyl sites for hydroxylation is 2. The zero-order valence-electron chi connectivity index (χ0n) is 22.7. The van der Waals surface area contributed by atoms with Gasteiger partial charge >= 0.3 is 0 Å². The van der Waals surface area contributed by atoms with Gasteiger partial charge < -0.3 is 11.2 Å². The predicted octanol–water partition coefficient (Wildman–Crippen LogP) is 7.85. The van der Waals surface area contributed by atoms with Gasteiger partial charge in [-0.05, 0) is 77.3 Å². The van der Waals surface area contributed by atoms with E-state index in [2.05, 4.69) is 100 Å². The average molecular weight is 536 g/mol. The van der Waals surface area contributed by atoms with Crippen LogP contribution in [0.15, 0.2) is 63.6 Å². The molecule has 8 heteroatoms. The highest BCUT2D eigenvalue weighted by Crippen LogP contribution is 2.45. The lowest BCUT2D eigenvalue weighted by atomic mass is 9.85. The summed E-state index contributed by atoms with van der Waals surface area (Å²) < 4.78 is 0. The van der Waals surface area contributed by atoms with Crippen molar-refractivity contribution in [1.29, 1.82) is 5.53 Å². The fourth-order valence-electron chi connectivity index (χ4n) is 4.24. The molecule has 1 unspecified atom stereocenters. The third kappa shape index (κ3) is 7.08. The molecule has 0 aliphatic rings. The first-order valence-electron chi connectivity index (χ1n) is 12.4. The molecule has 0 fully saturated rings. The minimum Gasteiger partial charge on any atom is -0.344 e. The second-order valence-corrected chi connectivity index (χ2v) is 12.9. The molecule has 0 radical (unpaired) electrons.